The Morgan fingerprint density at radius 3 is 2.48 bits per heavy atom. The van der Waals surface area contributed by atoms with Crippen LogP contribution < -0.4 is 0 Å². The average Bonchev–Trinajstić information content (AvgIpc) is 2.83. The van der Waals surface area contributed by atoms with Crippen LogP contribution in [0.25, 0.3) is 11.1 Å². The molecule has 3 atom stereocenters. The van der Waals surface area contributed by atoms with Crippen LogP contribution in [-0.4, -0.2) is 64.1 Å². The molecule has 170 valence electrons. The molecule has 5 heteroatoms. The van der Waals surface area contributed by atoms with Gasteiger partial charge >= 0.3 is 0 Å². The Balaban J connectivity index is 1.39. The number of hydrogen-bond donors (Lipinski definition) is 1. The zero-order valence-electron chi connectivity index (χ0n) is 19.1. The highest BCUT2D eigenvalue weighted by molar-refractivity contribution is 5.94. The van der Waals surface area contributed by atoms with Crippen molar-refractivity contribution in [3.05, 3.63) is 89.7 Å². The molecule has 0 aliphatic carbocycles. The number of carbonyl (C=O) groups excluding carboxylic acids is 1. The third kappa shape index (κ3) is 4.31. The van der Waals surface area contributed by atoms with Gasteiger partial charge in [0.1, 0.15) is 0 Å². The van der Waals surface area contributed by atoms with Crippen LogP contribution >= 0.6 is 0 Å². The molecular weight excluding hydrogens is 410 g/mol. The molecule has 3 heterocycles. The van der Waals surface area contributed by atoms with Crippen molar-refractivity contribution in [2.75, 3.05) is 26.2 Å². The summed E-state index contributed by atoms with van der Waals surface area (Å²) in [4.78, 5) is 21.6. The Morgan fingerprint density at radius 1 is 1.00 bits per heavy atom. The van der Waals surface area contributed by atoms with E-state index >= 15 is 0 Å². The number of hydrogen-bond acceptors (Lipinski definition) is 4. The molecule has 2 saturated heterocycles. The summed E-state index contributed by atoms with van der Waals surface area (Å²) in [6.07, 6.45) is 5.36. The van der Waals surface area contributed by atoms with Gasteiger partial charge in [-0.3, -0.25) is 14.7 Å². The monoisotopic (exact) mass is 441 g/mol. The molecule has 5 rings (SSSR count). The second-order valence-corrected chi connectivity index (χ2v) is 9.27. The summed E-state index contributed by atoms with van der Waals surface area (Å²) in [5.74, 6) is 0.285. The van der Waals surface area contributed by atoms with E-state index in [2.05, 4.69) is 65.3 Å². The number of aryl methyl sites for hydroxylation is 1. The molecule has 1 unspecified atom stereocenters. The van der Waals surface area contributed by atoms with Gasteiger partial charge in [-0.2, -0.15) is 0 Å². The van der Waals surface area contributed by atoms with E-state index in [0.29, 0.717) is 12.1 Å². The van der Waals surface area contributed by atoms with Crippen molar-refractivity contribution in [2.45, 2.75) is 37.8 Å². The first-order valence-electron chi connectivity index (χ1n) is 11.9. The summed E-state index contributed by atoms with van der Waals surface area (Å²) < 4.78 is 0. The van der Waals surface area contributed by atoms with E-state index in [-0.39, 0.29) is 30.5 Å². The molecule has 2 aromatic carbocycles. The van der Waals surface area contributed by atoms with Gasteiger partial charge in [0, 0.05) is 49.0 Å². The molecule has 1 N–H and O–H groups in total. The molecule has 2 fully saturated rings. The largest absolute Gasteiger partial charge is 0.395 e. The lowest BCUT2D eigenvalue weighted by Crippen LogP contribution is -2.67. The van der Waals surface area contributed by atoms with Crippen LogP contribution in [-0.2, 0) is 0 Å². The van der Waals surface area contributed by atoms with Crippen LogP contribution in [0.2, 0.25) is 0 Å². The van der Waals surface area contributed by atoms with Crippen LogP contribution in [0.5, 0.6) is 0 Å². The summed E-state index contributed by atoms with van der Waals surface area (Å²) in [5.41, 5.74) is 5.60. The number of amides is 1. The fourth-order valence-corrected chi connectivity index (χ4v) is 5.52. The lowest BCUT2D eigenvalue weighted by atomic mass is 9.74. The van der Waals surface area contributed by atoms with Gasteiger partial charge < -0.3 is 10.0 Å². The fraction of sp³-hybridized carbons (Fsp3) is 0.357. The quantitative estimate of drug-likeness (QED) is 0.662. The first-order valence-corrected chi connectivity index (χ1v) is 11.9. The number of aromatic nitrogens is 1. The normalized spacial score (nSPS) is 23.2. The van der Waals surface area contributed by atoms with Crippen LogP contribution in [0.1, 0.15) is 40.2 Å². The standard InChI is InChI=1S/C28H31N3O2/c1-20-5-4-6-24(17-20)21-7-9-22(10-8-21)27-25-18-30(28(33)23-11-13-29-14-12-23)15-2-3-16-31(25)26(27)19-32/h4-14,17,25-27,32H,2-3,15-16,18-19H2,1H3/t25-,26+,27?/m0/s1. The molecule has 0 saturated carbocycles. The van der Waals surface area contributed by atoms with Gasteiger partial charge in [0.25, 0.3) is 5.91 Å². The Labute approximate surface area is 195 Å². The van der Waals surface area contributed by atoms with Crippen molar-refractivity contribution in [3.8, 4) is 11.1 Å². The Morgan fingerprint density at radius 2 is 1.76 bits per heavy atom. The fourth-order valence-electron chi connectivity index (χ4n) is 5.52. The molecule has 5 nitrogen and oxygen atoms in total. The Hall–Kier alpha value is -3.02. The highest BCUT2D eigenvalue weighted by atomic mass is 16.3. The Kier molecular flexibility index (Phi) is 6.25. The van der Waals surface area contributed by atoms with E-state index in [4.69, 9.17) is 0 Å². The average molecular weight is 442 g/mol. The zero-order chi connectivity index (χ0) is 22.8. The van der Waals surface area contributed by atoms with E-state index in [1.807, 2.05) is 4.90 Å². The molecule has 2 aliphatic heterocycles. The molecule has 2 aliphatic rings. The van der Waals surface area contributed by atoms with Crippen molar-refractivity contribution in [1.82, 2.24) is 14.8 Å². The second kappa shape index (κ2) is 9.46. The van der Waals surface area contributed by atoms with Crippen LogP contribution in [0.3, 0.4) is 0 Å². The van der Waals surface area contributed by atoms with Crippen LogP contribution in [0.15, 0.2) is 73.1 Å². The first-order chi connectivity index (χ1) is 16.2. The van der Waals surface area contributed by atoms with Crippen molar-refractivity contribution in [3.63, 3.8) is 0 Å². The lowest BCUT2D eigenvalue weighted by molar-refractivity contribution is -0.0606. The van der Waals surface area contributed by atoms with Gasteiger partial charge in [0.2, 0.25) is 0 Å². The molecule has 0 radical (unpaired) electrons. The van der Waals surface area contributed by atoms with Crippen LogP contribution in [0.4, 0.5) is 0 Å². The van der Waals surface area contributed by atoms with Crippen molar-refractivity contribution in [2.24, 2.45) is 0 Å². The molecule has 0 bridgehead atoms. The number of nitrogens with zero attached hydrogens (tertiary/aromatic N) is 3. The number of benzene rings is 2. The maximum Gasteiger partial charge on any atom is 0.254 e. The number of fused-ring (bicyclic) bond motifs is 1. The van der Waals surface area contributed by atoms with Gasteiger partial charge in [-0.1, -0.05) is 54.1 Å². The van der Waals surface area contributed by atoms with Gasteiger partial charge in [-0.25, -0.2) is 0 Å². The zero-order valence-corrected chi connectivity index (χ0v) is 19.1. The first kappa shape index (κ1) is 21.8. The van der Waals surface area contributed by atoms with E-state index in [1.165, 1.54) is 22.3 Å². The van der Waals surface area contributed by atoms with Crippen molar-refractivity contribution in [1.29, 1.82) is 0 Å². The molecule has 1 amide bonds. The lowest BCUT2D eigenvalue weighted by Gasteiger charge is -2.57. The molecule has 1 aromatic heterocycles. The molecule has 3 aromatic rings. The molecule has 0 spiro atoms. The van der Waals surface area contributed by atoms with Crippen molar-refractivity contribution >= 4 is 5.91 Å². The topological polar surface area (TPSA) is 56.7 Å². The summed E-state index contributed by atoms with van der Waals surface area (Å²) in [5, 5.41) is 10.2. The number of pyridine rings is 1. The van der Waals surface area contributed by atoms with Gasteiger partial charge in [0.15, 0.2) is 0 Å². The van der Waals surface area contributed by atoms with Crippen molar-refractivity contribution < 1.29 is 9.90 Å². The minimum atomic E-state index is 0.0697. The summed E-state index contributed by atoms with van der Waals surface area (Å²) in [6.45, 7) is 4.68. The second-order valence-electron chi connectivity index (χ2n) is 9.27. The highest BCUT2D eigenvalue weighted by Crippen LogP contribution is 2.42. The number of aliphatic hydroxyl groups excluding tert-OH is 1. The highest BCUT2D eigenvalue weighted by Gasteiger charge is 2.49. The van der Waals surface area contributed by atoms with Gasteiger partial charge in [0.05, 0.1) is 6.61 Å². The van der Waals surface area contributed by atoms with E-state index in [1.54, 1.807) is 24.5 Å². The Bertz CT molecular complexity index is 1100. The minimum Gasteiger partial charge on any atom is -0.395 e. The smallest absolute Gasteiger partial charge is 0.254 e. The minimum absolute atomic E-state index is 0.0697. The predicted octanol–water partition coefficient (Wildman–Crippen LogP) is 4.12. The SMILES string of the molecule is Cc1cccc(-c2ccc(C3[C@@H](CO)N4CCCCN(C(=O)c5ccncc5)C[C@@H]34)cc2)c1. The maximum absolute atomic E-state index is 13.2. The molecular formula is C28H31N3O2. The third-order valence-corrected chi connectivity index (χ3v) is 7.23. The molecule has 33 heavy (non-hydrogen) atoms. The predicted molar refractivity (Wildman–Crippen MR) is 130 cm³/mol. The number of rotatable bonds is 4. The summed E-state index contributed by atoms with van der Waals surface area (Å²) in [6, 6.07) is 21.2. The van der Waals surface area contributed by atoms with Gasteiger partial charge in [-0.15, -0.1) is 0 Å². The van der Waals surface area contributed by atoms with E-state index < -0.39 is 0 Å². The van der Waals surface area contributed by atoms with Gasteiger partial charge in [-0.05, 0) is 55.1 Å². The van der Waals surface area contributed by atoms with Crippen LogP contribution in [0, 0.1) is 6.92 Å². The van der Waals surface area contributed by atoms with E-state index in [0.717, 1.165) is 25.9 Å². The summed E-state index contributed by atoms with van der Waals surface area (Å²) in [7, 11) is 0. The van der Waals surface area contributed by atoms with E-state index in [9.17, 15) is 9.90 Å². The number of aliphatic hydroxyl groups is 1. The maximum atomic E-state index is 13.2. The number of carbonyl (C=O) groups is 1. The third-order valence-electron chi connectivity index (χ3n) is 7.23. The summed E-state index contributed by atoms with van der Waals surface area (Å²) >= 11 is 0.